The predicted molar refractivity (Wildman–Crippen MR) is 53.0 cm³/mol. The zero-order valence-electron chi connectivity index (χ0n) is 7.58. The lowest BCUT2D eigenvalue weighted by atomic mass is 10.1. The highest BCUT2D eigenvalue weighted by molar-refractivity contribution is 7.71. The van der Waals surface area contributed by atoms with Gasteiger partial charge in [0, 0.05) is 17.7 Å². The van der Waals surface area contributed by atoms with Gasteiger partial charge in [-0.3, -0.25) is 4.79 Å². The van der Waals surface area contributed by atoms with E-state index in [0.717, 1.165) is 30.4 Å². The highest BCUT2D eigenvalue weighted by Crippen LogP contribution is 2.14. The molecule has 14 heavy (non-hydrogen) atoms. The van der Waals surface area contributed by atoms with Gasteiger partial charge in [-0.2, -0.15) is 0 Å². The quantitative estimate of drug-likeness (QED) is 0.556. The summed E-state index contributed by atoms with van der Waals surface area (Å²) in [5.41, 5.74) is 2.39. The number of aldehydes is 1. The van der Waals surface area contributed by atoms with E-state index in [4.69, 9.17) is 17.0 Å². The molecule has 0 radical (unpaired) electrons. The lowest BCUT2D eigenvalue weighted by Gasteiger charge is -2.05. The standard InChI is InChI=1S/C9H10N2O2S/c12-5-8-6-1-3-13-4-2-7(6)10-9(14)11-8/h5H,1-4H2,(H,10,11,14). The van der Waals surface area contributed by atoms with Gasteiger partial charge in [-0.05, 0) is 18.6 Å². The first-order valence-electron chi connectivity index (χ1n) is 4.46. The first-order chi connectivity index (χ1) is 6.81. The Hall–Kier alpha value is -1.07. The number of ether oxygens (including phenoxy) is 1. The van der Waals surface area contributed by atoms with Crippen LogP contribution < -0.4 is 0 Å². The largest absolute Gasteiger partial charge is 0.381 e. The van der Waals surface area contributed by atoms with Gasteiger partial charge in [0.25, 0.3) is 0 Å². The summed E-state index contributed by atoms with van der Waals surface area (Å²) in [5.74, 6) is 0. The number of hydrogen-bond donors (Lipinski definition) is 1. The minimum Gasteiger partial charge on any atom is -0.381 e. The topological polar surface area (TPSA) is 55.0 Å². The van der Waals surface area contributed by atoms with Gasteiger partial charge in [0.1, 0.15) is 5.69 Å². The fourth-order valence-corrected chi connectivity index (χ4v) is 1.83. The van der Waals surface area contributed by atoms with Crippen molar-refractivity contribution in [3.8, 4) is 0 Å². The Labute approximate surface area is 86.3 Å². The fraction of sp³-hybridized carbons (Fsp3) is 0.444. The van der Waals surface area contributed by atoms with Crippen LogP contribution in [0.15, 0.2) is 0 Å². The number of nitrogens with zero attached hydrogens (tertiary/aromatic N) is 1. The molecule has 0 saturated heterocycles. The normalized spacial score (nSPS) is 15.7. The van der Waals surface area contributed by atoms with Crippen molar-refractivity contribution in [2.24, 2.45) is 0 Å². The monoisotopic (exact) mass is 210 g/mol. The first kappa shape index (κ1) is 9.48. The van der Waals surface area contributed by atoms with Crippen molar-refractivity contribution in [1.82, 2.24) is 9.97 Å². The lowest BCUT2D eigenvalue weighted by Crippen LogP contribution is -2.05. The third kappa shape index (κ3) is 1.73. The van der Waals surface area contributed by atoms with Crippen molar-refractivity contribution >= 4 is 18.5 Å². The molecule has 0 fully saturated rings. The summed E-state index contributed by atoms with van der Waals surface area (Å²) in [6.45, 7) is 1.31. The predicted octanol–water partition coefficient (Wildman–Crippen LogP) is 1.07. The molecular weight excluding hydrogens is 200 g/mol. The zero-order valence-corrected chi connectivity index (χ0v) is 8.39. The van der Waals surface area contributed by atoms with Crippen LogP contribution in [0, 0.1) is 4.77 Å². The summed E-state index contributed by atoms with van der Waals surface area (Å²) in [6.07, 6.45) is 2.25. The second kappa shape index (κ2) is 3.98. The number of aromatic amines is 1. The SMILES string of the molecule is O=Cc1nc(=S)[nH]c2c1CCOCC2. The molecule has 74 valence electrons. The molecule has 0 atom stereocenters. The van der Waals surface area contributed by atoms with Crippen LogP contribution in [0.5, 0.6) is 0 Å². The summed E-state index contributed by atoms with van der Waals surface area (Å²) in [6, 6.07) is 0. The number of fused-ring (bicyclic) bond motifs is 1. The maximum atomic E-state index is 10.8. The molecule has 0 unspecified atom stereocenters. The molecule has 2 rings (SSSR count). The minimum atomic E-state index is 0.368. The molecule has 0 amide bonds. The number of nitrogens with one attached hydrogen (secondary N) is 1. The molecule has 4 nitrogen and oxygen atoms in total. The van der Waals surface area contributed by atoms with Gasteiger partial charge < -0.3 is 9.72 Å². The van der Waals surface area contributed by atoms with Crippen molar-refractivity contribution in [2.75, 3.05) is 13.2 Å². The van der Waals surface area contributed by atoms with E-state index in [2.05, 4.69) is 9.97 Å². The van der Waals surface area contributed by atoms with Crippen molar-refractivity contribution < 1.29 is 9.53 Å². The highest BCUT2D eigenvalue weighted by atomic mass is 32.1. The summed E-state index contributed by atoms with van der Waals surface area (Å²) in [7, 11) is 0. The van der Waals surface area contributed by atoms with E-state index in [0.29, 0.717) is 23.7 Å². The summed E-state index contributed by atoms with van der Waals surface area (Å²) < 4.78 is 5.69. The minimum absolute atomic E-state index is 0.368. The number of carbonyl (C=O) groups is 1. The molecule has 1 aromatic rings. The Morgan fingerprint density at radius 1 is 1.43 bits per heavy atom. The molecule has 2 heterocycles. The first-order valence-corrected chi connectivity index (χ1v) is 4.87. The van der Waals surface area contributed by atoms with E-state index in [1.165, 1.54) is 0 Å². The molecule has 0 aromatic carbocycles. The van der Waals surface area contributed by atoms with Crippen LogP contribution in [0.25, 0.3) is 0 Å². The zero-order chi connectivity index (χ0) is 9.97. The second-order valence-corrected chi connectivity index (χ2v) is 3.50. The molecule has 1 aliphatic rings. The van der Waals surface area contributed by atoms with Gasteiger partial charge in [-0.25, -0.2) is 4.98 Å². The maximum absolute atomic E-state index is 10.8. The van der Waals surface area contributed by atoms with Gasteiger partial charge in [-0.15, -0.1) is 0 Å². The van der Waals surface area contributed by atoms with Gasteiger partial charge in [0.15, 0.2) is 11.1 Å². The number of carbonyl (C=O) groups excluding carboxylic acids is 1. The average molecular weight is 210 g/mol. The molecule has 0 spiro atoms. The summed E-state index contributed by atoms with van der Waals surface area (Å²) in [5, 5.41) is 0. The van der Waals surface area contributed by atoms with Gasteiger partial charge in [0.05, 0.1) is 13.2 Å². The number of aromatic nitrogens is 2. The van der Waals surface area contributed by atoms with Gasteiger partial charge >= 0.3 is 0 Å². The smallest absolute Gasteiger partial charge is 0.197 e. The third-order valence-corrected chi connectivity index (χ3v) is 2.45. The maximum Gasteiger partial charge on any atom is 0.197 e. The van der Waals surface area contributed by atoms with E-state index in [1.807, 2.05) is 0 Å². The highest BCUT2D eigenvalue weighted by Gasteiger charge is 2.13. The summed E-state index contributed by atoms with van der Waals surface area (Å²) in [4.78, 5) is 17.8. The molecular formula is C9H10N2O2S. The Balaban J connectivity index is 2.57. The van der Waals surface area contributed by atoms with Crippen LogP contribution >= 0.6 is 12.2 Å². The van der Waals surface area contributed by atoms with Gasteiger partial charge in [0.2, 0.25) is 0 Å². The van der Waals surface area contributed by atoms with E-state index >= 15 is 0 Å². The number of H-pyrrole nitrogens is 1. The third-order valence-electron chi connectivity index (χ3n) is 2.26. The van der Waals surface area contributed by atoms with Crippen LogP contribution in [0.4, 0.5) is 0 Å². The van der Waals surface area contributed by atoms with Crippen LogP contribution in [-0.2, 0) is 17.6 Å². The second-order valence-electron chi connectivity index (χ2n) is 3.11. The van der Waals surface area contributed by atoms with Crippen molar-refractivity contribution in [3.05, 3.63) is 21.7 Å². The van der Waals surface area contributed by atoms with Crippen molar-refractivity contribution in [1.29, 1.82) is 0 Å². The molecule has 0 aliphatic carbocycles. The Bertz CT molecular complexity index is 414. The van der Waals surface area contributed by atoms with Crippen molar-refractivity contribution in [2.45, 2.75) is 12.8 Å². The van der Waals surface area contributed by atoms with Crippen LogP contribution in [0.3, 0.4) is 0 Å². The fourth-order valence-electron chi connectivity index (χ4n) is 1.60. The van der Waals surface area contributed by atoms with Crippen LogP contribution in [-0.4, -0.2) is 29.5 Å². The molecule has 5 heteroatoms. The lowest BCUT2D eigenvalue weighted by molar-refractivity contribution is 0.111. The molecule has 1 aromatic heterocycles. The van der Waals surface area contributed by atoms with Gasteiger partial charge in [-0.1, -0.05) is 0 Å². The Morgan fingerprint density at radius 3 is 3.00 bits per heavy atom. The molecule has 0 bridgehead atoms. The summed E-state index contributed by atoms with van der Waals surface area (Å²) >= 11 is 4.93. The molecule has 1 N–H and O–H groups in total. The van der Waals surface area contributed by atoms with E-state index in [-0.39, 0.29) is 0 Å². The molecule has 1 aliphatic heterocycles. The van der Waals surface area contributed by atoms with E-state index < -0.39 is 0 Å². The average Bonchev–Trinajstić information content (AvgIpc) is 2.41. The Morgan fingerprint density at radius 2 is 2.21 bits per heavy atom. The van der Waals surface area contributed by atoms with Crippen molar-refractivity contribution in [3.63, 3.8) is 0 Å². The van der Waals surface area contributed by atoms with Crippen LogP contribution in [0.1, 0.15) is 21.7 Å². The van der Waals surface area contributed by atoms with Crippen LogP contribution in [0.2, 0.25) is 0 Å². The molecule has 0 saturated carbocycles. The van der Waals surface area contributed by atoms with E-state index in [9.17, 15) is 4.79 Å². The number of hydrogen-bond acceptors (Lipinski definition) is 4. The van der Waals surface area contributed by atoms with E-state index in [1.54, 1.807) is 0 Å². The number of rotatable bonds is 1. The Kier molecular flexibility index (Phi) is 2.69.